The van der Waals surface area contributed by atoms with Gasteiger partial charge in [-0.15, -0.1) is 0 Å². The Morgan fingerprint density at radius 3 is 2.85 bits per heavy atom. The molecular formula is C14H17N3O3. The molecule has 6 heteroatoms. The summed E-state index contributed by atoms with van der Waals surface area (Å²) in [5, 5.41) is 13.7. The fourth-order valence-corrected chi connectivity index (χ4v) is 2.26. The Bertz CT molecular complexity index is 635. The molecule has 0 aliphatic carbocycles. The molecule has 2 heterocycles. The van der Waals surface area contributed by atoms with Crippen molar-refractivity contribution in [3.63, 3.8) is 0 Å². The zero-order chi connectivity index (χ0) is 14.7. The van der Waals surface area contributed by atoms with Gasteiger partial charge in [0.15, 0.2) is 0 Å². The number of hydrogen-bond donors (Lipinski definition) is 1. The van der Waals surface area contributed by atoms with E-state index in [9.17, 15) is 9.90 Å². The number of carbonyl (C=O) groups is 1. The zero-order valence-corrected chi connectivity index (χ0v) is 11.8. The van der Waals surface area contributed by atoms with Crippen molar-refractivity contribution in [1.29, 1.82) is 0 Å². The summed E-state index contributed by atoms with van der Waals surface area (Å²) in [6, 6.07) is 1.50. The summed E-state index contributed by atoms with van der Waals surface area (Å²) in [4.78, 5) is 15.4. The van der Waals surface area contributed by atoms with E-state index in [0.717, 1.165) is 17.0 Å². The average Bonchev–Trinajstić information content (AvgIpc) is 2.71. The van der Waals surface area contributed by atoms with Crippen molar-refractivity contribution in [1.82, 2.24) is 14.8 Å². The third kappa shape index (κ3) is 2.55. The first-order valence-corrected chi connectivity index (χ1v) is 6.27. The van der Waals surface area contributed by atoms with Crippen LogP contribution in [0, 0.1) is 13.8 Å². The molecule has 0 spiro atoms. The van der Waals surface area contributed by atoms with E-state index in [1.165, 1.54) is 12.3 Å². The number of aryl methyl sites for hydroxylation is 1. The van der Waals surface area contributed by atoms with Crippen LogP contribution in [0.1, 0.15) is 21.7 Å². The van der Waals surface area contributed by atoms with Gasteiger partial charge in [0.1, 0.15) is 0 Å². The summed E-state index contributed by atoms with van der Waals surface area (Å²) >= 11 is 0. The highest BCUT2D eigenvalue weighted by molar-refractivity contribution is 5.96. The van der Waals surface area contributed by atoms with Crippen LogP contribution in [0.2, 0.25) is 0 Å². The lowest BCUT2D eigenvalue weighted by Crippen LogP contribution is -2.07. The number of rotatable bonds is 5. The first-order valence-electron chi connectivity index (χ1n) is 6.27. The fourth-order valence-electron chi connectivity index (χ4n) is 2.26. The number of aromatic nitrogens is 3. The molecule has 0 fully saturated rings. The van der Waals surface area contributed by atoms with E-state index in [0.29, 0.717) is 18.7 Å². The summed E-state index contributed by atoms with van der Waals surface area (Å²) in [5.41, 5.74) is 3.35. The monoisotopic (exact) mass is 275 g/mol. The molecule has 106 valence electrons. The third-order valence-corrected chi connectivity index (χ3v) is 3.21. The second-order valence-corrected chi connectivity index (χ2v) is 4.49. The lowest BCUT2D eigenvalue weighted by molar-refractivity contribution is 0.0697. The molecule has 0 amide bonds. The van der Waals surface area contributed by atoms with Gasteiger partial charge in [0.05, 0.1) is 24.4 Å². The molecular weight excluding hydrogens is 258 g/mol. The average molecular weight is 275 g/mol. The maximum Gasteiger partial charge on any atom is 0.336 e. The molecule has 2 aromatic heterocycles. The van der Waals surface area contributed by atoms with Crippen molar-refractivity contribution < 1.29 is 14.6 Å². The van der Waals surface area contributed by atoms with Crippen LogP contribution in [-0.4, -0.2) is 39.6 Å². The van der Waals surface area contributed by atoms with Crippen molar-refractivity contribution in [2.75, 3.05) is 13.7 Å². The van der Waals surface area contributed by atoms with Crippen molar-refractivity contribution in [2.45, 2.75) is 20.4 Å². The van der Waals surface area contributed by atoms with Gasteiger partial charge in [-0.05, 0) is 19.9 Å². The highest BCUT2D eigenvalue weighted by atomic mass is 16.5. The number of aromatic carboxylic acids is 1. The minimum absolute atomic E-state index is 0.234. The molecule has 20 heavy (non-hydrogen) atoms. The van der Waals surface area contributed by atoms with E-state index in [1.54, 1.807) is 13.3 Å². The minimum atomic E-state index is -0.967. The second-order valence-electron chi connectivity index (χ2n) is 4.49. The van der Waals surface area contributed by atoms with Gasteiger partial charge in [0.2, 0.25) is 0 Å². The van der Waals surface area contributed by atoms with E-state index in [1.807, 2.05) is 18.5 Å². The largest absolute Gasteiger partial charge is 0.478 e. The van der Waals surface area contributed by atoms with Gasteiger partial charge in [-0.2, -0.15) is 5.10 Å². The molecule has 2 rings (SSSR count). The second kappa shape index (κ2) is 5.83. The van der Waals surface area contributed by atoms with Gasteiger partial charge in [0, 0.05) is 36.3 Å². The Hall–Kier alpha value is -2.21. The van der Waals surface area contributed by atoms with Crippen LogP contribution in [0.4, 0.5) is 0 Å². The van der Waals surface area contributed by atoms with Gasteiger partial charge in [0.25, 0.3) is 0 Å². The van der Waals surface area contributed by atoms with Crippen LogP contribution in [0.5, 0.6) is 0 Å². The summed E-state index contributed by atoms with van der Waals surface area (Å²) in [6.07, 6.45) is 3.05. The fraction of sp³-hybridized carbons (Fsp3) is 0.357. The number of nitrogens with zero attached hydrogens (tertiary/aromatic N) is 3. The van der Waals surface area contributed by atoms with Gasteiger partial charge in [-0.25, -0.2) is 4.79 Å². The quantitative estimate of drug-likeness (QED) is 0.901. The van der Waals surface area contributed by atoms with E-state index in [4.69, 9.17) is 4.74 Å². The van der Waals surface area contributed by atoms with Gasteiger partial charge in [-0.1, -0.05) is 0 Å². The molecule has 1 N–H and O–H groups in total. The normalized spacial score (nSPS) is 10.8. The molecule has 0 saturated carbocycles. The molecule has 0 atom stereocenters. The van der Waals surface area contributed by atoms with Crippen LogP contribution in [0.15, 0.2) is 18.5 Å². The number of carboxylic acids is 1. The lowest BCUT2D eigenvalue weighted by Gasteiger charge is -2.07. The summed E-state index contributed by atoms with van der Waals surface area (Å²) in [6.45, 7) is 4.97. The summed E-state index contributed by atoms with van der Waals surface area (Å²) in [7, 11) is 1.64. The standard InChI is InChI=1S/C14H17N3O3/c1-9-13(10(2)17(16-9)6-7-20-3)12-8-15-5-4-11(12)14(18)19/h4-5,8H,6-7H2,1-3H3,(H,18,19). The summed E-state index contributed by atoms with van der Waals surface area (Å²) < 4.78 is 6.88. The molecule has 0 unspecified atom stereocenters. The first kappa shape index (κ1) is 14.2. The SMILES string of the molecule is COCCn1nc(C)c(-c2cnccc2C(=O)O)c1C. The van der Waals surface area contributed by atoms with Crippen LogP contribution >= 0.6 is 0 Å². The molecule has 0 aliphatic rings. The molecule has 0 saturated heterocycles. The Morgan fingerprint density at radius 2 is 2.20 bits per heavy atom. The summed E-state index contributed by atoms with van der Waals surface area (Å²) in [5.74, 6) is -0.967. The van der Waals surface area contributed by atoms with Crippen molar-refractivity contribution in [3.05, 3.63) is 35.4 Å². The third-order valence-electron chi connectivity index (χ3n) is 3.21. The van der Waals surface area contributed by atoms with Crippen LogP contribution in [0.3, 0.4) is 0 Å². The smallest absolute Gasteiger partial charge is 0.336 e. The Morgan fingerprint density at radius 1 is 1.45 bits per heavy atom. The molecule has 0 radical (unpaired) electrons. The number of pyridine rings is 1. The highest BCUT2D eigenvalue weighted by Gasteiger charge is 2.19. The Kier molecular flexibility index (Phi) is 4.14. The van der Waals surface area contributed by atoms with Gasteiger partial charge in [-0.3, -0.25) is 9.67 Å². The topological polar surface area (TPSA) is 77.2 Å². The van der Waals surface area contributed by atoms with Crippen LogP contribution in [0.25, 0.3) is 11.1 Å². The van der Waals surface area contributed by atoms with E-state index in [-0.39, 0.29) is 5.56 Å². The lowest BCUT2D eigenvalue weighted by atomic mass is 10.0. The molecule has 0 bridgehead atoms. The maximum atomic E-state index is 11.3. The number of methoxy groups -OCH3 is 1. The molecule has 2 aromatic rings. The predicted molar refractivity (Wildman–Crippen MR) is 73.8 cm³/mol. The molecule has 0 aliphatic heterocycles. The number of hydrogen-bond acceptors (Lipinski definition) is 4. The van der Waals surface area contributed by atoms with Crippen molar-refractivity contribution in [3.8, 4) is 11.1 Å². The van der Waals surface area contributed by atoms with Crippen molar-refractivity contribution >= 4 is 5.97 Å². The highest BCUT2D eigenvalue weighted by Crippen LogP contribution is 2.29. The van der Waals surface area contributed by atoms with E-state index >= 15 is 0 Å². The van der Waals surface area contributed by atoms with Crippen LogP contribution < -0.4 is 0 Å². The predicted octanol–water partition coefficient (Wildman–Crippen LogP) is 1.91. The maximum absolute atomic E-state index is 11.3. The number of carboxylic acid groups (broad SMARTS) is 1. The van der Waals surface area contributed by atoms with Crippen LogP contribution in [-0.2, 0) is 11.3 Å². The van der Waals surface area contributed by atoms with Gasteiger partial charge < -0.3 is 9.84 Å². The van der Waals surface area contributed by atoms with E-state index in [2.05, 4.69) is 10.1 Å². The minimum Gasteiger partial charge on any atom is -0.478 e. The van der Waals surface area contributed by atoms with E-state index < -0.39 is 5.97 Å². The van der Waals surface area contributed by atoms with Crippen molar-refractivity contribution in [2.24, 2.45) is 0 Å². The molecule has 6 nitrogen and oxygen atoms in total. The van der Waals surface area contributed by atoms with Gasteiger partial charge >= 0.3 is 5.97 Å². The number of ether oxygens (including phenoxy) is 1. The zero-order valence-electron chi connectivity index (χ0n) is 11.8. The Balaban J connectivity index is 2.53. The Labute approximate surface area is 117 Å². The first-order chi connectivity index (χ1) is 9.56. The molecule has 0 aromatic carbocycles.